The highest BCUT2D eigenvalue weighted by molar-refractivity contribution is 5.88. The molecule has 1 unspecified atom stereocenters. The van der Waals surface area contributed by atoms with Crippen LogP contribution in [0.4, 0.5) is 9.59 Å². The number of benzene rings is 2. The molecule has 5 heterocycles. The van der Waals surface area contributed by atoms with Crippen LogP contribution in [0.2, 0.25) is 0 Å². The number of nitrogens with one attached hydrogen (secondary N) is 4. The lowest BCUT2D eigenvalue weighted by Gasteiger charge is -2.30. The number of aryl methyl sites for hydroxylation is 2. The van der Waals surface area contributed by atoms with Crippen LogP contribution in [0.15, 0.2) is 36.7 Å². The molecular formula is C43H52N8O7. The van der Waals surface area contributed by atoms with Crippen LogP contribution in [0.5, 0.6) is 5.75 Å². The molecule has 0 saturated carbocycles. The van der Waals surface area contributed by atoms with Crippen molar-refractivity contribution in [2.45, 2.75) is 97.0 Å². The second-order valence-electron chi connectivity index (χ2n) is 16.4. The summed E-state index contributed by atoms with van der Waals surface area (Å²) in [7, 11) is 2.59. The molecule has 2 saturated heterocycles. The van der Waals surface area contributed by atoms with Crippen molar-refractivity contribution in [2.24, 2.45) is 11.8 Å². The zero-order chi connectivity index (χ0) is 40.8. The fourth-order valence-electron chi connectivity index (χ4n) is 9.09. The maximum Gasteiger partial charge on any atom is 0.407 e. The Kier molecular flexibility index (Phi) is 10.6. The number of alkyl carbamates (subject to hydrolysis) is 2. The molecule has 2 fully saturated rings. The van der Waals surface area contributed by atoms with E-state index in [9.17, 15) is 19.2 Å². The second-order valence-corrected chi connectivity index (χ2v) is 16.4. The van der Waals surface area contributed by atoms with E-state index in [-0.39, 0.29) is 35.7 Å². The SMILES string of the molecule is COC(=O)NC(C(=O)N1CCC[C@H]1c1ncc(-c2cc3c4c(c2)COc2cc(-c5cnc([C@@H]6CCCN6C(=O)[C@@H](NC(=O)OC)C(C)C)[nH]5)cc(c2-4)CC3)[nH]1)C(C)C. The lowest BCUT2D eigenvalue weighted by Crippen LogP contribution is -2.51. The molecule has 4 amide bonds. The van der Waals surface area contributed by atoms with E-state index >= 15 is 0 Å². The van der Waals surface area contributed by atoms with E-state index in [1.165, 1.54) is 30.9 Å². The minimum absolute atomic E-state index is 0.111. The summed E-state index contributed by atoms with van der Waals surface area (Å²) < 4.78 is 16.1. The van der Waals surface area contributed by atoms with Gasteiger partial charge in [-0.1, -0.05) is 27.7 Å². The smallest absolute Gasteiger partial charge is 0.407 e. The van der Waals surface area contributed by atoms with Crippen molar-refractivity contribution >= 4 is 24.0 Å². The van der Waals surface area contributed by atoms with Crippen LogP contribution in [0, 0.1) is 11.8 Å². The molecule has 2 aromatic heterocycles. The first-order valence-electron chi connectivity index (χ1n) is 20.3. The number of likely N-dealkylation sites (tertiary alicyclic amines) is 2. The number of amides is 4. The van der Waals surface area contributed by atoms with Gasteiger partial charge in [-0.15, -0.1) is 0 Å². The summed E-state index contributed by atoms with van der Waals surface area (Å²) in [4.78, 5) is 71.6. The molecule has 15 heteroatoms. The molecule has 15 nitrogen and oxygen atoms in total. The van der Waals surface area contributed by atoms with Crippen molar-refractivity contribution < 1.29 is 33.4 Å². The van der Waals surface area contributed by atoms with Crippen molar-refractivity contribution in [1.82, 2.24) is 40.4 Å². The molecule has 4 aromatic rings. The van der Waals surface area contributed by atoms with Crippen LogP contribution >= 0.6 is 0 Å². The van der Waals surface area contributed by atoms with Gasteiger partial charge in [0.2, 0.25) is 11.8 Å². The number of carbonyl (C=O) groups excluding carboxylic acids is 4. The monoisotopic (exact) mass is 792 g/mol. The Labute approximate surface area is 337 Å². The molecule has 2 aromatic carbocycles. The van der Waals surface area contributed by atoms with E-state index in [0.29, 0.717) is 19.7 Å². The van der Waals surface area contributed by atoms with E-state index in [4.69, 9.17) is 24.2 Å². The van der Waals surface area contributed by atoms with E-state index in [1.54, 1.807) is 0 Å². The standard InChI is InChI=1S/C43H52N8O7/c1-22(2)36(48-42(54)56-5)40(52)50-13-7-9-31(50)38-44-19-29(46-38)26-15-24-11-12-25-16-27(18-33-35(25)34(24)28(17-26)21-58-33)30-20-45-39(47-30)32-10-8-14-51(32)41(53)37(23(3)4)49-43(55)57-6/h15-20,22-23,31-32,36-37H,7-14,21H2,1-6H3,(H,44,46)(H,45,47)(H,48,54)(H,49,55)/t31-,32-,36?,37-/m0/s1. The summed E-state index contributed by atoms with van der Waals surface area (Å²) in [5, 5.41) is 5.43. The number of ether oxygens (including phenoxy) is 3. The summed E-state index contributed by atoms with van der Waals surface area (Å²) in [6, 6.07) is 6.88. The van der Waals surface area contributed by atoms with Crippen LogP contribution in [-0.2, 0) is 38.5 Å². The lowest BCUT2D eigenvalue weighted by atomic mass is 9.79. The number of aromatic nitrogens is 4. The molecule has 0 radical (unpaired) electrons. The molecule has 4 atom stereocenters. The number of hydrogen-bond donors (Lipinski definition) is 4. The first kappa shape index (κ1) is 39.0. The Morgan fingerprint density at radius 3 is 1.66 bits per heavy atom. The quantitative estimate of drug-likeness (QED) is 0.145. The Bertz CT molecular complexity index is 2040. The van der Waals surface area contributed by atoms with Crippen molar-refractivity contribution in [2.75, 3.05) is 27.3 Å². The number of nitrogens with zero attached hydrogens (tertiary/aromatic N) is 4. The second kappa shape index (κ2) is 15.8. The van der Waals surface area contributed by atoms with Gasteiger partial charge in [0, 0.05) is 29.8 Å². The number of rotatable bonds is 10. The van der Waals surface area contributed by atoms with E-state index in [1.807, 2.05) is 49.9 Å². The van der Waals surface area contributed by atoms with Crippen molar-refractivity contribution in [1.29, 1.82) is 0 Å². The number of methoxy groups -OCH3 is 2. The topological polar surface area (TPSA) is 184 Å². The molecule has 4 aliphatic rings. The summed E-state index contributed by atoms with van der Waals surface area (Å²) in [6.45, 7) is 9.23. The molecule has 0 bridgehead atoms. The molecule has 0 spiro atoms. The number of imidazole rings is 2. The highest BCUT2D eigenvalue weighted by Gasteiger charge is 2.39. The number of H-pyrrole nitrogens is 2. The normalized spacial score (nSPS) is 19.1. The third-order valence-electron chi connectivity index (χ3n) is 12.1. The highest BCUT2D eigenvalue weighted by Crippen LogP contribution is 2.48. The summed E-state index contributed by atoms with van der Waals surface area (Å²) in [5.41, 5.74) is 9.69. The van der Waals surface area contributed by atoms with Crippen LogP contribution in [0.3, 0.4) is 0 Å². The van der Waals surface area contributed by atoms with Crippen molar-refractivity contribution in [3.63, 3.8) is 0 Å². The summed E-state index contributed by atoms with van der Waals surface area (Å²) >= 11 is 0. The molecule has 306 valence electrons. The van der Waals surface area contributed by atoms with Gasteiger partial charge >= 0.3 is 12.2 Å². The van der Waals surface area contributed by atoms with Crippen LogP contribution in [0.25, 0.3) is 33.6 Å². The minimum Gasteiger partial charge on any atom is -0.488 e. The molecular weight excluding hydrogens is 741 g/mol. The molecule has 8 rings (SSSR count). The van der Waals surface area contributed by atoms with E-state index in [0.717, 1.165) is 89.6 Å². The van der Waals surface area contributed by atoms with Gasteiger partial charge in [-0.25, -0.2) is 19.6 Å². The molecule has 3 aliphatic heterocycles. The summed E-state index contributed by atoms with van der Waals surface area (Å²) in [6.07, 6.45) is 7.37. The third-order valence-corrected chi connectivity index (χ3v) is 12.1. The number of aromatic amines is 2. The van der Waals surface area contributed by atoms with Crippen molar-refractivity contribution in [3.8, 4) is 39.4 Å². The van der Waals surface area contributed by atoms with Crippen molar-refractivity contribution in [3.05, 3.63) is 65.0 Å². The van der Waals surface area contributed by atoms with Gasteiger partial charge in [-0.05, 0) is 96.9 Å². The lowest BCUT2D eigenvalue weighted by molar-refractivity contribution is -0.136. The molecule has 1 aliphatic carbocycles. The average molecular weight is 793 g/mol. The van der Waals surface area contributed by atoms with Gasteiger partial charge in [0.25, 0.3) is 0 Å². The van der Waals surface area contributed by atoms with Gasteiger partial charge in [-0.2, -0.15) is 0 Å². The Hall–Kier alpha value is -5.86. The van der Waals surface area contributed by atoms with Gasteiger partial charge in [0.05, 0.1) is 50.1 Å². The van der Waals surface area contributed by atoms with Crippen LogP contribution in [-0.4, -0.2) is 93.1 Å². The maximum atomic E-state index is 13.7. The first-order chi connectivity index (χ1) is 27.9. The predicted octanol–water partition coefficient (Wildman–Crippen LogP) is 6.21. The van der Waals surface area contributed by atoms with Gasteiger partial charge in [-0.3, -0.25) is 9.59 Å². The zero-order valence-corrected chi connectivity index (χ0v) is 33.9. The third kappa shape index (κ3) is 7.15. The fourth-order valence-corrected chi connectivity index (χ4v) is 9.09. The minimum atomic E-state index is -0.698. The zero-order valence-electron chi connectivity index (χ0n) is 33.9. The van der Waals surface area contributed by atoms with Crippen LogP contribution < -0.4 is 15.4 Å². The van der Waals surface area contributed by atoms with Gasteiger partial charge < -0.3 is 44.6 Å². The Balaban J connectivity index is 1.01. The Morgan fingerprint density at radius 2 is 1.17 bits per heavy atom. The van der Waals surface area contributed by atoms with Crippen LogP contribution in [0.1, 0.15) is 93.8 Å². The van der Waals surface area contributed by atoms with E-state index < -0.39 is 24.3 Å². The Morgan fingerprint density at radius 1 is 0.707 bits per heavy atom. The number of carbonyl (C=O) groups is 4. The molecule has 58 heavy (non-hydrogen) atoms. The summed E-state index contributed by atoms with van der Waals surface area (Å²) in [5.74, 6) is 1.79. The predicted molar refractivity (Wildman–Crippen MR) is 214 cm³/mol. The van der Waals surface area contributed by atoms with Gasteiger partial charge in [0.1, 0.15) is 36.1 Å². The first-order valence-corrected chi connectivity index (χ1v) is 20.3. The maximum absolute atomic E-state index is 13.7. The molecule has 4 N–H and O–H groups in total. The van der Waals surface area contributed by atoms with E-state index in [2.05, 4.69) is 44.9 Å². The average Bonchev–Trinajstić information content (AvgIpc) is 4.06. The van der Waals surface area contributed by atoms with Gasteiger partial charge in [0.15, 0.2) is 0 Å². The highest BCUT2D eigenvalue weighted by atomic mass is 16.5. The fraction of sp³-hybridized carbons (Fsp3) is 0.488. The largest absolute Gasteiger partial charge is 0.488 e. The number of hydrogen-bond acceptors (Lipinski definition) is 9.